The topological polar surface area (TPSA) is 81.9 Å². The van der Waals surface area contributed by atoms with Crippen LogP contribution in [0.4, 0.5) is 23.2 Å². The number of hydrogen-bond acceptors (Lipinski definition) is 6. The number of piperidine rings is 1. The van der Waals surface area contributed by atoms with E-state index >= 15 is 0 Å². The molecule has 0 amide bonds. The second kappa shape index (κ2) is 10.6. The van der Waals surface area contributed by atoms with E-state index < -0.39 is 23.5 Å². The molecular weight excluding hydrogens is 516 g/mol. The molecule has 2 aromatic carbocycles. The molecule has 39 heavy (non-hydrogen) atoms. The third kappa shape index (κ3) is 5.52. The molecule has 3 fully saturated rings. The largest absolute Gasteiger partial charge is 0.465 e. The minimum absolute atomic E-state index is 0.0120. The Morgan fingerprint density at radius 1 is 1.03 bits per heavy atom. The molecule has 2 heterocycles. The van der Waals surface area contributed by atoms with Crippen molar-refractivity contribution in [1.29, 1.82) is 0 Å². The Hall–Kier alpha value is -3.40. The van der Waals surface area contributed by atoms with Crippen molar-refractivity contribution < 1.29 is 36.6 Å². The van der Waals surface area contributed by atoms with Crippen LogP contribution in [0.15, 0.2) is 48.0 Å². The molecule has 2 unspecified atom stereocenters. The van der Waals surface area contributed by atoms with Gasteiger partial charge in [0.15, 0.2) is 5.78 Å². The van der Waals surface area contributed by atoms with Crippen molar-refractivity contribution in [2.75, 3.05) is 18.6 Å². The number of esters is 1. The number of halogens is 4. The molecule has 0 radical (unpaired) electrons. The van der Waals surface area contributed by atoms with Gasteiger partial charge in [-0.2, -0.15) is 13.2 Å². The van der Waals surface area contributed by atoms with E-state index in [0.717, 1.165) is 18.9 Å². The van der Waals surface area contributed by atoms with Crippen molar-refractivity contribution in [3.8, 4) is 0 Å². The number of methoxy groups -OCH3 is 1. The van der Waals surface area contributed by atoms with Gasteiger partial charge in [0, 0.05) is 34.8 Å². The Balaban J connectivity index is 1.33. The molecule has 0 aromatic heterocycles. The van der Waals surface area contributed by atoms with Crippen LogP contribution in [0.5, 0.6) is 0 Å². The number of carbonyl (C=O) groups excluding carboxylic acids is 2. The lowest BCUT2D eigenvalue weighted by Gasteiger charge is -2.40. The first-order chi connectivity index (χ1) is 18.6. The van der Waals surface area contributed by atoms with Crippen molar-refractivity contribution in [2.24, 2.45) is 11.7 Å². The number of alkyl halides is 3. The zero-order valence-corrected chi connectivity index (χ0v) is 21.5. The van der Waals surface area contributed by atoms with Crippen molar-refractivity contribution in [2.45, 2.75) is 62.9 Å². The van der Waals surface area contributed by atoms with Gasteiger partial charge >= 0.3 is 12.1 Å². The highest BCUT2D eigenvalue weighted by atomic mass is 19.4. The van der Waals surface area contributed by atoms with Gasteiger partial charge in [0.05, 0.1) is 36.6 Å². The molecule has 208 valence electrons. The maximum atomic E-state index is 15.0. The highest BCUT2D eigenvalue weighted by molar-refractivity contribution is 6.05. The summed E-state index contributed by atoms with van der Waals surface area (Å²) in [6, 6.07) is 9.24. The Kier molecular flexibility index (Phi) is 7.41. The quantitative estimate of drug-likeness (QED) is 0.268. The summed E-state index contributed by atoms with van der Waals surface area (Å²) in [4.78, 5) is 26.9. The first-order valence-electron chi connectivity index (χ1n) is 13.1. The Morgan fingerprint density at radius 3 is 2.28 bits per heavy atom. The molecule has 5 rings (SSSR count). The van der Waals surface area contributed by atoms with E-state index in [4.69, 9.17) is 10.5 Å². The number of fused-ring (bicyclic) bond motifs is 2. The summed E-state index contributed by atoms with van der Waals surface area (Å²) in [5, 5.41) is 0. The van der Waals surface area contributed by atoms with Crippen LogP contribution in [-0.4, -0.2) is 43.7 Å². The molecule has 1 aliphatic carbocycles. The number of benzene rings is 2. The highest BCUT2D eigenvalue weighted by Gasteiger charge is 2.43. The molecule has 0 spiro atoms. The minimum Gasteiger partial charge on any atom is -0.465 e. The standard InChI is InChI=1S/C29H30F4N2O4/c1-38-28(37)17-8-11-25(24(30)12-17)35-18-9-10-19(35)14-20(13-18)39-15-22(27(36)16-6-7-16)26(34)21-4-2-3-5-23(21)29(31,32)33/h2-5,8,11-12,16,18-20H,6-7,9-10,13-15,34H2,1H3/t18-,19?,20?/m0/s1. The van der Waals surface area contributed by atoms with Crippen LogP contribution >= 0.6 is 0 Å². The maximum Gasteiger partial charge on any atom is 0.417 e. The van der Waals surface area contributed by atoms with Crippen LogP contribution in [0.3, 0.4) is 0 Å². The van der Waals surface area contributed by atoms with Crippen LogP contribution in [0.2, 0.25) is 0 Å². The summed E-state index contributed by atoms with van der Waals surface area (Å²) in [7, 11) is 1.24. The average molecular weight is 547 g/mol. The van der Waals surface area contributed by atoms with Gasteiger partial charge in [0.25, 0.3) is 0 Å². The highest BCUT2D eigenvalue weighted by Crippen LogP contribution is 2.42. The first-order valence-corrected chi connectivity index (χ1v) is 13.1. The minimum atomic E-state index is -4.62. The number of hydrogen-bond donors (Lipinski definition) is 1. The van der Waals surface area contributed by atoms with Crippen molar-refractivity contribution in [3.63, 3.8) is 0 Å². The number of nitrogens with two attached hydrogens (primary N) is 1. The number of carbonyl (C=O) groups is 2. The number of ketones is 1. The zero-order chi connectivity index (χ0) is 27.9. The second-order valence-corrected chi connectivity index (χ2v) is 10.4. The van der Waals surface area contributed by atoms with Gasteiger partial charge in [0.2, 0.25) is 0 Å². The van der Waals surface area contributed by atoms with E-state index in [1.165, 1.54) is 37.4 Å². The predicted molar refractivity (Wildman–Crippen MR) is 136 cm³/mol. The molecule has 2 aromatic rings. The fourth-order valence-electron chi connectivity index (χ4n) is 5.82. The molecule has 6 nitrogen and oxygen atoms in total. The SMILES string of the molecule is COC(=O)c1ccc(N2C3CC[C@H]2CC(OCC(C(=O)C2CC2)=C(N)c2ccccc2C(F)(F)F)C3)c(F)c1. The van der Waals surface area contributed by atoms with Gasteiger partial charge in [-0.25, -0.2) is 9.18 Å². The lowest BCUT2D eigenvalue weighted by atomic mass is 9.96. The van der Waals surface area contributed by atoms with Crippen LogP contribution in [0, 0.1) is 11.7 Å². The van der Waals surface area contributed by atoms with Gasteiger partial charge < -0.3 is 20.1 Å². The smallest absolute Gasteiger partial charge is 0.417 e. The lowest BCUT2D eigenvalue weighted by molar-refractivity contribution is -0.137. The Morgan fingerprint density at radius 2 is 1.69 bits per heavy atom. The van der Waals surface area contributed by atoms with Crippen LogP contribution in [-0.2, 0) is 20.4 Å². The average Bonchev–Trinajstić information content (AvgIpc) is 3.73. The van der Waals surface area contributed by atoms with Gasteiger partial charge in [-0.05, 0) is 62.8 Å². The molecule has 2 saturated heterocycles. The van der Waals surface area contributed by atoms with Crippen molar-refractivity contribution >= 4 is 23.1 Å². The van der Waals surface area contributed by atoms with Gasteiger partial charge in [0.1, 0.15) is 5.82 Å². The number of ether oxygens (including phenoxy) is 2. The monoisotopic (exact) mass is 546 g/mol. The molecule has 1 saturated carbocycles. The van der Waals surface area contributed by atoms with Crippen LogP contribution in [0.1, 0.15) is 60.0 Å². The summed E-state index contributed by atoms with van der Waals surface area (Å²) in [6.07, 6.45) is -0.729. The Labute approximate surface area is 223 Å². The van der Waals surface area contributed by atoms with E-state index in [1.807, 2.05) is 4.90 Å². The first kappa shape index (κ1) is 27.2. The second-order valence-electron chi connectivity index (χ2n) is 10.4. The van der Waals surface area contributed by atoms with Gasteiger partial charge in [-0.3, -0.25) is 4.79 Å². The summed E-state index contributed by atoms with van der Waals surface area (Å²) >= 11 is 0. The summed E-state index contributed by atoms with van der Waals surface area (Å²) in [5.41, 5.74) is 5.54. The van der Waals surface area contributed by atoms with Gasteiger partial charge in [-0.15, -0.1) is 0 Å². The third-order valence-electron chi connectivity index (χ3n) is 7.89. The fraction of sp³-hybridized carbons (Fsp3) is 0.448. The van der Waals surface area contributed by atoms with Crippen molar-refractivity contribution in [1.82, 2.24) is 0 Å². The summed E-state index contributed by atoms with van der Waals surface area (Å²) in [5.74, 6) is -1.63. The normalized spacial score (nSPS) is 23.4. The maximum absolute atomic E-state index is 15.0. The number of rotatable bonds is 8. The van der Waals surface area contributed by atoms with E-state index in [2.05, 4.69) is 4.74 Å². The predicted octanol–water partition coefficient (Wildman–Crippen LogP) is 5.50. The number of Topliss-reactive ketones (excluding diaryl/α,β-unsaturated/α-hetero) is 1. The van der Waals surface area contributed by atoms with Crippen molar-refractivity contribution in [3.05, 3.63) is 70.5 Å². The molecule has 2 bridgehead atoms. The molecular formula is C29H30F4N2O4. The van der Waals surface area contributed by atoms with Gasteiger partial charge in [-0.1, -0.05) is 18.2 Å². The Bertz CT molecular complexity index is 1290. The lowest BCUT2D eigenvalue weighted by Crippen LogP contribution is -2.46. The molecule has 10 heteroatoms. The zero-order valence-electron chi connectivity index (χ0n) is 21.5. The molecule has 2 aliphatic heterocycles. The van der Waals surface area contributed by atoms with E-state index in [-0.39, 0.29) is 58.9 Å². The molecule has 3 aliphatic rings. The number of anilines is 1. The van der Waals surface area contributed by atoms with Crippen LogP contribution < -0.4 is 10.6 Å². The van der Waals surface area contributed by atoms with E-state index in [0.29, 0.717) is 31.4 Å². The third-order valence-corrected chi connectivity index (χ3v) is 7.89. The van der Waals surface area contributed by atoms with E-state index in [1.54, 1.807) is 6.07 Å². The fourth-order valence-corrected chi connectivity index (χ4v) is 5.82. The molecule has 3 atom stereocenters. The summed E-state index contributed by atoms with van der Waals surface area (Å²) in [6.45, 7) is -0.181. The summed E-state index contributed by atoms with van der Waals surface area (Å²) < 4.78 is 66.7. The molecule has 2 N–H and O–H groups in total. The van der Waals surface area contributed by atoms with E-state index in [9.17, 15) is 27.2 Å². The van der Waals surface area contributed by atoms with Crippen LogP contribution in [0.25, 0.3) is 5.70 Å². The number of nitrogens with zero attached hydrogens (tertiary/aromatic N) is 1.